The monoisotopic (exact) mass is 364 g/mol. The number of Topliss-reactive ketones (excluding diaryl/α,β-unsaturated/α-hetero) is 1. The van der Waals surface area contributed by atoms with Crippen LogP contribution >= 0.6 is 0 Å². The van der Waals surface area contributed by atoms with E-state index >= 15 is 0 Å². The minimum Gasteiger partial charge on any atom is -0.462 e. The topological polar surface area (TPSA) is 43.4 Å². The minimum atomic E-state index is -0.525. The molecule has 5 atom stereocenters. The molecular weight excluding hydrogens is 324 g/mol. The van der Waals surface area contributed by atoms with Crippen LogP contribution in [0.3, 0.4) is 0 Å². The van der Waals surface area contributed by atoms with E-state index < -0.39 is 5.41 Å². The normalized spacial score (nSPS) is 37.5. The summed E-state index contributed by atoms with van der Waals surface area (Å²) in [5.74, 6) is 0.904. The third kappa shape index (κ3) is 6.25. The van der Waals surface area contributed by atoms with Gasteiger partial charge in [0.05, 0.1) is 0 Å². The van der Waals surface area contributed by atoms with Crippen LogP contribution in [0.25, 0.3) is 0 Å². The van der Waals surface area contributed by atoms with Crippen molar-refractivity contribution in [2.75, 3.05) is 0 Å². The molecule has 1 aliphatic rings. The molecule has 0 aromatic rings. The van der Waals surface area contributed by atoms with Crippen LogP contribution in [0.5, 0.6) is 0 Å². The van der Waals surface area contributed by atoms with Gasteiger partial charge in [-0.2, -0.15) is 0 Å². The predicted molar refractivity (Wildman–Crippen MR) is 108 cm³/mol. The Hall–Kier alpha value is -1.12. The van der Waals surface area contributed by atoms with Crippen LogP contribution in [-0.2, 0) is 14.3 Å². The van der Waals surface area contributed by atoms with Crippen LogP contribution in [0.2, 0.25) is 0 Å². The molecule has 1 aliphatic heterocycles. The lowest BCUT2D eigenvalue weighted by atomic mass is 9.67. The number of ketones is 1. The highest BCUT2D eigenvalue weighted by Gasteiger charge is 2.40. The number of hydrogen-bond acceptors (Lipinski definition) is 3. The number of hydrogen-bond donors (Lipinski definition) is 0. The Labute approximate surface area is 161 Å². The van der Waals surface area contributed by atoms with Crippen molar-refractivity contribution in [3.8, 4) is 0 Å². The molecule has 0 aromatic carbocycles. The number of cyclic esters (lactones) is 1. The van der Waals surface area contributed by atoms with E-state index in [2.05, 4.69) is 33.8 Å². The molecule has 0 radical (unpaired) electrons. The van der Waals surface area contributed by atoms with E-state index in [1.54, 1.807) is 0 Å². The summed E-state index contributed by atoms with van der Waals surface area (Å²) in [7, 11) is 0. The Balaban J connectivity index is 3.03. The fourth-order valence-electron chi connectivity index (χ4n) is 3.82. The van der Waals surface area contributed by atoms with E-state index in [0.29, 0.717) is 18.3 Å². The molecule has 0 aromatic heterocycles. The molecule has 1 heterocycles. The third-order valence-corrected chi connectivity index (χ3v) is 6.80. The molecular formula is C23H40O3. The van der Waals surface area contributed by atoms with Crippen LogP contribution in [0, 0.1) is 29.1 Å². The molecule has 1 rings (SSSR count). The van der Waals surface area contributed by atoms with Crippen molar-refractivity contribution in [3.63, 3.8) is 0 Å². The van der Waals surface area contributed by atoms with Crippen molar-refractivity contribution in [2.24, 2.45) is 29.1 Å². The quantitative estimate of drug-likeness (QED) is 0.393. The van der Waals surface area contributed by atoms with Crippen molar-refractivity contribution >= 4 is 11.8 Å². The van der Waals surface area contributed by atoms with Gasteiger partial charge in [-0.3, -0.25) is 9.59 Å². The zero-order valence-corrected chi connectivity index (χ0v) is 18.2. The fourth-order valence-corrected chi connectivity index (χ4v) is 3.82. The Morgan fingerprint density at radius 3 is 2.31 bits per heavy atom. The lowest BCUT2D eigenvalue weighted by Gasteiger charge is -2.36. The molecule has 0 saturated heterocycles. The van der Waals surface area contributed by atoms with Crippen LogP contribution in [0.15, 0.2) is 11.6 Å². The number of ether oxygens (including phenoxy) is 1. The molecule has 0 unspecified atom stereocenters. The summed E-state index contributed by atoms with van der Waals surface area (Å²) in [6.45, 7) is 16.6. The standard InChI is InChI=1S/C23H40O3/c1-15-10-9-11-16(2)19(5)20(6)22(25)23(7,8)17(3)14-21(24)26-18(4)13-12-15/h12,16-20H,9-11,13-14H2,1-8H3/b15-12-/t16-,17+,18-,19+,20-/m1/s1. The van der Waals surface area contributed by atoms with Crippen LogP contribution in [0.4, 0.5) is 0 Å². The van der Waals surface area contributed by atoms with E-state index in [9.17, 15) is 9.59 Å². The molecule has 0 saturated carbocycles. The van der Waals surface area contributed by atoms with Crippen molar-refractivity contribution in [1.29, 1.82) is 0 Å². The second-order valence-corrected chi connectivity index (χ2v) is 9.30. The maximum absolute atomic E-state index is 13.2. The Kier molecular flexibility index (Phi) is 8.56. The van der Waals surface area contributed by atoms with Gasteiger partial charge in [-0.25, -0.2) is 0 Å². The van der Waals surface area contributed by atoms with Gasteiger partial charge in [0.15, 0.2) is 0 Å². The smallest absolute Gasteiger partial charge is 0.306 e. The van der Waals surface area contributed by atoms with Gasteiger partial charge in [-0.05, 0) is 44.4 Å². The zero-order valence-electron chi connectivity index (χ0n) is 18.2. The van der Waals surface area contributed by atoms with Gasteiger partial charge < -0.3 is 4.74 Å². The van der Waals surface area contributed by atoms with Crippen molar-refractivity contribution in [2.45, 2.75) is 93.6 Å². The summed E-state index contributed by atoms with van der Waals surface area (Å²) in [4.78, 5) is 25.5. The van der Waals surface area contributed by atoms with Crippen LogP contribution in [-0.4, -0.2) is 17.9 Å². The predicted octanol–water partition coefficient (Wildman–Crippen LogP) is 5.97. The number of allylic oxidation sites excluding steroid dienone is 1. The Morgan fingerprint density at radius 2 is 1.69 bits per heavy atom. The maximum atomic E-state index is 13.2. The molecule has 26 heavy (non-hydrogen) atoms. The molecule has 0 spiro atoms. The SMILES string of the molecule is C/C1=C/C[C@@H](C)OC(=O)C[C@H](C)C(C)(C)C(=O)[C@H](C)[C@@H](C)[C@H](C)CCC1. The van der Waals surface area contributed by atoms with E-state index in [0.717, 1.165) is 25.7 Å². The lowest BCUT2D eigenvalue weighted by molar-refractivity contribution is -0.151. The highest BCUT2D eigenvalue weighted by Crippen LogP contribution is 2.37. The van der Waals surface area contributed by atoms with Crippen LogP contribution in [0.1, 0.15) is 87.5 Å². The van der Waals surface area contributed by atoms with E-state index in [4.69, 9.17) is 4.74 Å². The summed E-state index contributed by atoms with van der Waals surface area (Å²) < 4.78 is 5.57. The second kappa shape index (κ2) is 9.71. The first kappa shape index (κ1) is 22.9. The van der Waals surface area contributed by atoms with Gasteiger partial charge in [0.2, 0.25) is 0 Å². The Morgan fingerprint density at radius 1 is 1.08 bits per heavy atom. The molecule has 0 N–H and O–H groups in total. The molecule has 0 amide bonds. The van der Waals surface area contributed by atoms with Gasteiger partial charge in [0.1, 0.15) is 11.9 Å². The van der Waals surface area contributed by atoms with Gasteiger partial charge in [0, 0.05) is 24.2 Å². The van der Waals surface area contributed by atoms with Gasteiger partial charge in [0.25, 0.3) is 0 Å². The van der Waals surface area contributed by atoms with Crippen molar-refractivity contribution in [3.05, 3.63) is 11.6 Å². The van der Waals surface area contributed by atoms with E-state index in [1.165, 1.54) is 5.57 Å². The summed E-state index contributed by atoms with van der Waals surface area (Å²) in [5.41, 5.74) is 0.835. The Bertz CT molecular complexity index is 518. The van der Waals surface area contributed by atoms with E-state index in [-0.39, 0.29) is 29.7 Å². The summed E-state index contributed by atoms with van der Waals surface area (Å²) in [6, 6.07) is 0. The van der Waals surface area contributed by atoms with Crippen molar-refractivity contribution < 1.29 is 14.3 Å². The molecule has 0 fully saturated rings. The van der Waals surface area contributed by atoms with Gasteiger partial charge in [-0.15, -0.1) is 0 Å². The molecule has 3 heteroatoms. The lowest BCUT2D eigenvalue weighted by Crippen LogP contribution is -2.39. The fraction of sp³-hybridized carbons (Fsp3) is 0.826. The number of esters is 1. The highest BCUT2D eigenvalue weighted by molar-refractivity contribution is 5.87. The first-order valence-electron chi connectivity index (χ1n) is 10.4. The molecule has 0 bridgehead atoms. The molecule has 0 aliphatic carbocycles. The molecule has 3 nitrogen and oxygen atoms in total. The summed E-state index contributed by atoms with van der Waals surface area (Å²) in [6.07, 6.45) is 6.50. The minimum absolute atomic E-state index is 0.00180. The molecule has 150 valence electrons. The number of carbonyl (C=O) groups excluding carboxylic acids is 2. The first-order valence-corrected chi connectivity index (χ1v) is 10.4. The van der Waals surface area contributed by atoms with Gasteiger partial charge >= 0.3 is 5.97 Å². The summed E-state index contributed by atoms with van der Waals surface area (Å²) in [5, 5.41) is 0. The number of carbonyl (C=O) groups is 2. The maximum Gasteiger partial charge on any atom is 0.306 e. The van der Waals surface area contributed by atoms with Crippen LogP contribution < -0.4 is 0 Å². The highest BCUT2D eigenvalue weighted by atomic mass is 16.5. The second-order valence-electron chi connectivity index (χ2n) is 9.30. The van der Waals surface area contributed by atoms with Gasteiger partial charge in [-0.1, -0.05) is 59.6 Å². The van der Waals surface area contributed by atoms with E-state index in [1.807, 2.05) is 27.7 Å². The van der Waals surface area contributed by atoms with Crippen molar-refractivity contribution in [1.82, 2.24) is 0 Å². The zero-order chi connectivity index (χ0) is 20.1. The largest absolute Gasteiger partial charge is 0.462 e. The summed E-state index contributed by atoms with van der Waals surface area (Å²) >= 11 is 0. The average molecular weight is 365 g/mol. The number of rotatable bonds is 0. The third-order valence-electron chi connectivity index (χ3n) is 6.80. The average Bonchev–Trinajstić information content (AvgIpc) is 2.56. The first-order chi connectivity index (χ1) is 12.0.